The molecule has 98 valence electrons. The first-order valence-corrected chi connectivity index (χ1v) is 6.68. The van der Waals surface area contributed by atoms with Crippen LogP contribution >= 0.6 is 15.9 Å². The van der Waals surface area contributed by atoms with Crippen molar-refractivity contribution in [2.24, 2.45) is 0 Å². The summed E-state index contributed by atoms with van der Waals surface area (Å²) in [5.74, 6) is 0.816. The highest BCUT2D eigenvalue weighted by Gasteiger charge is 2.10. The van der Waals surface area contributed by atoms with Crippen LogP contribution in [0.1, 0.15) is 11.1 Å². The second kappa shape index (κ2) is 6.43. The molecule has 2 aromatic carbocycles. The minimum Gasteiger partial charge on any atom is -0.504 e. The van der Waals surface area contributed by atoms with E-state index < -0.39 is 0 Å². The molecule has 0 heterocycles. The third-order valence-electron chi connectivity index (χ3n) is 2.78. The molecule has 2 rings (SSSR count). The minimum absolute atomic E-state index is 0.816. The molecule has 0 aliphatic carbocycles. The molecule has 0 bridgehead atoms. The van der Waals surface area contributed by atoms with Crippen LogP contribution in [-0.4, -0.2) is 14.2 Å². The second-order valence-electron chi connectivity index (χ2n) is 3.98. The molecule has 0 fully saturated rings. The molecule has 19 heavy (non-hydrogen) atoms. The zero-order valence-electron chi connectivity index (χ0n) is 10.9. The molecule has 0 radical (unpaired) electrons. The molecule has 0 spiro atoms. The number of rotatable bonds is 4. The van der Waals surface area contributed by atoms with E-state index in [-0.39, 0.29) is 0 Å². The number of hydrogen-bond acceptors (Lipinski definition) is 2. The maximum absolute atomic E-state index is 5.29. The van der Waals surface area contributed by atoms with Crippen LogP contribution in [0.2, 0.25) is 0 Å². The Labute approximate surface area is 121 Å². The normalized spacial score (nSPS) is 11.2. The Morgan fingerprint density at radius 1 is 1.05 bits per heavy atom. The number of hydrogen-bond donors (Lipinski definition) is 0. The maximum Gasteiger partial charge on any atom is 0.119 e. The Bertz CT molecular complexity index is 577. The third-order valence-corrected chi connectivity index (χ3v) is 3.48. The van der Waals surface area contributed by atoms with Crippen LogP contribution in [0, 0.1) is 0 Å². The lowest BCUT2D eigenvalue weighted by atomic mass is 9.99. The van der Waals surface area contributed by atoms with Crippen molar-refractivity contribution >= 4 is 21.5 Å². The monoisotopic (exact) mass is 318 g/mol. The smallest absolute Gasteiger partial charge is 0.119 e. The van der Waals surface area contributed by atoms with E-state index in [2.05, 4.69) is 28.1 Å². The molecule has 0 aliphatic rings. The van der Waals surface area contributed by atoms with Gasteiger partial charge in [0.1, 0.15) is 5.75 Å². The SMILES string of the molecule is CO/C=C(/c1ccccc1)c1cc(OC)ccc1Br. The number of methoxy groups -OCH3 is 2. The van der Waals surface area contributed by atoms with E-state index in [1.165, 1.54) is 0 Å². The van der Waals surface area contributed by atoms with Crippen LogP contribution in [0.5, 0.6) is 5.75 Å². The Morgan fingerprint density at radius 3 is 2.42 bits per heavy atom. The van der Waals surface area contributed by atoms with E-state index in [0.29, 0.717) is 0 Å². The van der Waals surface area contributed by atoms with Crippen LogP contribution < -0.4 is 4.74 Å². The number of halogens is 1. The van der Waals surface area contributed by atoms with Crippen molar-refractivity contribution in [2.75, 3.05) is 14.2 Å². The lowest BCUT2D eigenvalue weighted by Crippen LogP contribution is -1.92. The predicted molar refractivity (Wildman–Crippen MR) is 81.2 cm³/mol. The summed E-state index contributed by atoms with van der Waals surface area (Å²) in [7, 11) is 3.31. The lowest BCUT2D eigenvalue weighted by molar-refractivity contribution is 0.340. The van der Waals surface area contributed by atoms with Crippen molar-refractivity contribution in [2.45, 2.75) is 0 Å². The van der Waals surface area contributed by atoms with Gasteiger partial charge in [-0.3, -0.25) is 0 Å². The third kappa shape index (κ3) is 3.18. The zero-order valence-corrected chi connectivity index (χ0v) is 12.5. The van der Waals surface area contributed by atoms with Gasteiger partial charge in [-0.1, -0.05) is 46.3 Å². The molecule has 0 unspecified atom stereocenters. The first kappa shape index (κ1) is 13.7. The first-order chi connectivity index (χ1) is 9.26. The number of ether oxygens (including phenoxy) is 2. The van der Waals surface area contributed by atoms with Crippen molar-refractivity contribution in [1.29, 1.82) is 0 Å². The van der Waals surface area contributed by atoms with Crippen LogP contribution in [0.3, 0.4) is 0 Å². The summed E-state index contributed by atoms with van der Waals surface area (Å²) in [5, 5.41) is 0. The van der Waals surface area contributed by atoms with Crippen molar-refractivity contribution in [1.82, 2.24) is 0 Å². The molecule has 2 nitrogen and oxygen atoms in total. The van der Waals surface area contributed by atoms with E-state index in [1.807, 2.05) is 36.4 Å². The van der Waals surface area contributed by atoms with Crippen LogP contribution in [0.15, 0.2) is 59.3 Å². The molecular weight excluding hydrogens is 304 g/mol. The Kier molecular flexibility index (Phi) is 4.63. The van der Waals surface area contributed by atoms with Crippen LogP contribution in [0.25, 0.3) is 5.57 Å². The molecule has 0 amide bonds. The highest BCUT2D eigenvalue weighted by Crippen LogP contribution is 2.32. The summed E-state index contributed by atoms with van der Waals surface area (Å²) >= 11 is 3.58. The van der Waals surface area contributed by atoms with Gasteiger partial charge in [0.15, 0.2) is 0 Å². The van der Waals surface area contributed by atoms with Gasteiger partial charge in [0.25, 0.3) is 0 Å². The van der Waals surface area contributed by atoms with Crippen molar-refractivity contribution < 1.29 is 9.47 Å². The average molecular weight is 319 g/mol. The Hall–Kier alpha value is -1.74. The summed E-state index contributed by atoms with van der Waals surface area (Å²) < 4.78 is 11.5. The lowest BCUT2D eigenvalue weighted by Gasteiger charge is -2.11. The molecule has 0 aliphatic heterocycles. The highest BCUT2D eigenvalue weighted by atomic mass is 79.9. The summed E-state index contributed by atoms with van der Waals surface area (Å²) in [4.78, 5) is 0. The van der Waals surface area contributed by atoms with Crippen molar-refractivity contribution in [3.63, 3.8) is 0 Å². The van der Waals surface area contributed by atoms with E-state index in [1.54, 1.807) is 20.5 Å². The topological polar surface area (TPSA) is 18.5 Å². The summed E-state index contributed by atoms with van der Waals surface area (Å²) in [6, 6.07) is 16.0. The van der Waals surface area contributed by atoms with Gasteiger partial charge in [0, 0.05) is 15.6 Å². The summed E-state index contributed by atoms with van der Waals surface area (Å²) in [6.45, 7) is 0. The van der Waals surface area contributed by atoms with E-state index in [4.69, 9.17) is 9.47 Å². The molecule has 2 aromatic rings. The molecule has 0 saturated carbocycles. The average Bonchev–Trinajstić information content (AvgIpc) is 2.47. The van der Waals surface area contributed by atoms with Gasteiger partial charge in [-0.2, -0.15) is 0 Å². The van der Waals surface area contributed by atoms with Crippen LogP contribution in [-0.2, 0) is 4.74 Å². The van der Waals surface area contributed by atoms with E-state index >= 15 is 0 Å². The van der Waals surface area contributed by atoms with Gasteiger partial charge in [0.2, 0.25) is 0 Å². The quantitative estimate of drug-likeness (QED) is 0.773. The van der Waals surface area contributed by atoms with Gasteiger partial charge in [-0.05, 0) is 23.8 Å². The molecule has 0 N–H and O–H groups in total. The Morgan fingerprint density at radius 2 is 1.79 bits per heavy atom. The van der Waals surface area contributed by atoms with E-state index in [0.717, 1.165) is 26.9 Å². The number of benzene rings is 2. The fraction of sp³-hybridized carbons (Fsp3) is 0.125. The standard InChI is InChI=1S/C16H15BrO2/c1-18-11-15(12-6-4-3-5-7-12)14-10-13(19-2)8-9-16(14)17/h3-11H,1-2H3/b15-11-. The highest BCUT2D eigenvalue weighted by molar-refractivity contribution is 9.10. The largest absolute Gasteiger partial charge is 0.504 e. The van der Waals surface area contributed by atoms with Crippen molar-refractivity contribution in [3.8, 4) is 5.75 Å². The van der Waals surface area contributed by atoms with Gasteiger partial charge < -0.3 is 9.47 Å². The van der Waals surface area contributed by atoms with E-state index in [9.17, 15) is 0 Å². The molecule has 0 saturated heterocycles. The molecule has 3 heteroatoms. The fourth-order valence-corrected chi connectivity index (χ4v) is 2.32. The summed E-state index contributed by atoms with van der Waals surface area (Å²) in [5.41, 5.74) is 3.14. The van der Waals surface area contributed by atoms with Crippen molar-refractivity contribution in [3.05, 3.63) is 70.4 Å². The fourth-order valence-electron chi connectivity index (χ4n) is 1.86. The minimum atomic E-state index is 0.816. The molecular formula is C16H15BrO2. The first-order valence-electron chi connectivity index (χ1n) is 5.88. The van der Waals surface area contributed by atoms with Gasteiger partial charge >= 0.3 is 0 Å². The van der Waals surface area contributed by atoms with Gasteiger partial charge in [-0.25, -0.2) is 0 Å². The summed E-state index contributed by atoms with van der Waals surface area (Å²) in [6.07, 6.45) is 1.74. The predicted octanol–water partition coefficient (Wildman–Crippen LogP) is 4.49. The Balaban J connectivity index is 2.55. The zero-order chi connectivity index (χ0) is 13.7. The molecule has 0 aromatic heterocycles. The molecule has 0 atom stereocenters. The maximum atomic E-state index is 5.29. The van der Waals surface area contributed by atoms with Crippen LogP contribution in [0.4, 0.5) is 0 Å². The van der Waals surface area contributed by atoms with Gasteiger partial charge in [-0.15, -0.1) is 0 Å². The van der Waals surface area contributed by atoms with Gasteiger partial charge in [0.05, 0.1) is 20.5 Å². The second-order valence-corrected chi connectivity index (χ2v) is 4.83.